The number of quaternary nitrogens is 1. The molecule has 1 saturated heterocycles. The van der Waals surface area contributed by atoms with Gasteiger partial charge in [-0.25, -0.2) is 4.98 Å². The van der Waals surface area contributed by atoms with E-state index in [0.717, 1.165) is 66.3 Å². The van der Waals surface area contributed by atoms with Gasteiger partial charge < -0.3 is 14.1 Å². The second kappa shape index (κ2) is 8.98. The van der Waals surface area contributed by atoms with Crippen LogP contribution in [0.3, 0.4) is 0 Å². The van der Waals surface area contributed by atoms with Crippen molar-refractivity contribution in [2.24, 2.45) is 10.2 Å². The Morgan fingerprint density at radius 1 is 1.07 bits per heavy atom. The first-order chi connectivity index (χ1) is 14.1. The van der Waals surface area contributed by atoms with Gasteiger partial charge in [-0.1, -0.05) is 23.5 Å². The van der Waals surface area contributed by atoms with E-state index in [4.69, 9.17) is 4.74 Å². The quantitative estimate of drug-likeness (QED) is 0.406. The van der Waals surface area contributed by atoms with Gasteiger partial charge in [-0.3, -0.25) is 0 Å². The molecule has 0 radical (unpaired) electrons. The molecule has 29 heavy (non-hydrogen) atoms. The Labute approximate surface area is 176 Å². The highest BCUT2D eigenvalue weighted by molar-refractivity contribution is 7.21. The molecule has 2 heterocycles. The number of fused-ring (bicyclic) bond motifs is 1. The Morgan fingerprint density at radius 3 is 2.55 bits per heavy atom. The third-order valence-electron chi connectivity index (χ3n) is 5.59. The van der Waals surface area contributed by atoms with Gasteiger partial charge in [0.25, 0.3) is 0 Å². The fraction of sp³-hybridized carbons (Fsp3) is 0.409. The molecule has 1 aliphatic rings. The summed E-state index contributed by atoms with van der Waals surface area (Å²) >= 11 is 1.56. The molecule has 0 atom stereocenters. The summed E-state index contributed by atoms with van der Waals surface area (Å²) in [6.07, 6.45) is 0. The van der Waals surface area contributed by atoms with E-state index < -0.39 is 0 Å². The third-order valence-corrected chi connectivity index (χ3v) is 6.51. The van der Waals surface area contributed by atoms with Gasteiger partial charge >= 0.3 is 0 Å². The van der Waals surface area contributed by atoms with Crippen molar-refractivity contribution < 1.29 is 9.22 Å². The Balaban J connectivity index is 1.39. The first kappa shape index (κ1) is 19.9. The zero-order valence-electron chi connectivity index (χ0n) is 17.1. The molecule has 0 amide bonds. The van der Waals surface area contributed by atoms with Crippen LogP contribution in [0.5, 0.6) is 0 Å². The lowest BCUT2D eigenvalue weighted by atomic mass is 10.2. The molecule has 1 fully saturated rings. The van der Waals surface area contributed by atoms with Gasteiger partial charge in [0.05, 0.1) is 49.3 Å². The number of anilines is 1. The van der Waals surface area contributed by atoms with E-state index in [1.54, 1.807) is 11.3 Å². The number of azo groups is 1. The van der Waals surface area contributed by atoms with Crippen LogP contribution in [0.1, 0.15) is 6.92 Å². The number of rotatable bonds is 7. The van der Waals surface area contributed by atoms with Gasteiger partial charge in [0.15, 0.2) is 0 Å². The second-order valence-electron chi connectivity index (χ2n) is 7.66. The van der Waals surface area contributed by atoms with E-state index in [1.807, 2.05) is 30.3 Å². The number of aromatic nitrogens is 1. The maximum Gasteiger partial charge on any atom is 0.231 e. The summed E-state index contributed by atoms with van der Waals surface area (Å²) in [4.78, 5) is 6.93. The van der Waals surface area contributed by atoms with E-state index in [9.17, 15) is 0 Å². The standard InChI is InChI=1S/C22H28N5OS/c1-3-26(12-13-27(2)14-16-28-17-15-27)19-10-8-18(9-11-19)24-25-22-23-20-6-4-5-7-21(20)29-22/h4-11H,3,12-17H2,1-2H3/q+1/b25-24+. The number of para-hydroxylation sites is 1. The van der Waals surface area contributed by atoms with Crippen LogP contribution in [0.2, 0.25) is 0 Å². The molecule has 3 aromatic rings. The van der Waals surface area contributed by atoms with Crippen molar-refractivity contribution in [3.8, 4) is 0 Å². The maximum absolute atomic E-state index is 5.52. The van der Waals surface area contributed by atoms with Crippen LogP contribution < -0.4 is 4.90 Å². The number of hydrogen-bond acceptors (Lipinski definition) is 6. The van der Waals surface area contributed by atoms with Gasteiger partial charge in [-0.05, 0) is 43.3 Å². The lowest BCUT2D eigenvalue weighted by Gasteiger charge is -2.39. The minimum absolute atomic E-state index is 0.688. The fourth-order valence-electron chi connectivity index (χ4n) is 3.57. The molecule has 0 saturated carbocycles. The van der Waals surface area contributed by atoms with Crippen LogP contribution in [0.25, 0.3) is 10.2 Å². The van der Waals surface area contributed by atoms with E-state index in [0.29, 0.717) is 5.13 Å². The summed E-state index contributed by atoms with van der Waals surface area (Å²) in [6.45, 7) is 9.32. The summed E-state index contributed by atoms with van der Waals surface area (Å²) < 4.78 is 7.74. The molecule has 152 valence electrons. The van der Waals surface area contributed by atoms with E-state index in [2.05, 4.69) is 52.3 Å². The van der Waals surface area contributed by atoms with Crippen LogP contribution in [0.4, 0.5) is 16.5 Å². The SMILES string of the molecule is CCN(CC[N+]1(C)CCOCC1)c1ccc(/N=N/c2nc3ccccc3s2)cc1. The minimum Gasteiger partial charge on any atom is -0.370 e. The molecule has 1 aromatic heterocycles. The number of hydrogen-bond donors (Lipinski definition) is 0. The van der Waals surface area contributed by atoms with Gasteiger partial charge in [-0.15, -0.1) is 10.2 Å². The summed E-state index contributed by atoms with van der Waals surface area (Å²) in [5.41, 5.74) is 3.04. The van der Waals surface area contributed by atoms with Crippen LogP contribution in [0.15, 0.2) is 58.8 Å². The van der Waals surface area contributed by atoms with E-state index in [1.165, 1.54) is 5.69 Å². The molecule has 0 spiro atoms. The third kappa shape index (κ3) is 4.98. The van der Waals surface area contributed by atoms with Gasteiger partial charge in [-0.2, -0.15) is 0 Å². The highest BCUT2D eigenvalue weighted by Gasteiger charge is 2.25. The molecule has 2 aromatic carbocycles. The Hall–Kier alpha value is -2.35. The first-order valence-corrected chi connectivity index (χ1v) is 11.0. The normalized spacial score (nSPS) is 16.5. The second-order valence-corrected chi connectivity index (χ2v) is 8.67. The van der Waals surface area contributed by atoms with Crippen molar-refractivity contribution >= 4 is 38.1 Å². The molecule has 7 heteroatoms. The number of benzene rings is 2. The molecule has 6 nitrogen and oxygen atoms in total. The van der Waals surface area contributed by atoms with E-state index in [-0.39, 0.29) is 0 Å². The summed E-state index contributed by atoms with van der Waals surface area (Å²) in [5.74, 6) is 0. The molecular weight excluding hydrogens is 382 g/mol. The smallest absolute Gasteiger partial charge is 0.231 e. The first-order valence-electron chi connectivity index (χ1n) is 10.2. The topological polar surface area (TPSA) is 50.1 Å². The number of morpholine rings is 1. The highest BCUT2D eigenvalue weighted by atomic mass is 32.1. The summed E-state index contributed by atoms with van der Waals surface area (Å²) in [5, 5.41) is 9.37. The maximum atomic E-state index is 5.52. The summed E-state index contributed by atoms with van der Waals surface area (Å²) in [6, 6.07) is 16.4. The van der Waals surface area contributed by atoms with Crippen molar-refractivity contribution in [2.45, 2.75) is 6.92 Å². The monoisotopic (exact) mass is 410 g/mol. The Kier molecular flexibility index (Phi) is 6.18. The lowest BCUT2D eigenvalue weighted by molar-refractivity contribution is -0.915. The molecule has 0 aliphatic carbocycles. The average molecular weight is 411 g/mol. The highest BCUT2D eigenvalue weighted by Crippen LogP contribution is 2.29. The Morgan fingerprint density at radius 2 is 1.83 bits per heavy atom. The summed E-state index contributed by atoms with van der Waals surface area (Å²) in [7, 11) is 2.34. The van der Waals surface area contributed by atoms with Crippen molar-refractivity contribution in [1.29, 1.82) is 0 Å². The van der Waals surface area contributed by atoms with Gasteiger partial charge in [0.1, 0.15) is 13.1 Å². The predicted octanol–water partition coefficient (Wildman–Crippen LogP) is 5.01. The van der Waals surface area contributed by atoms with Gasteiger partial charge in [0.2, 0.25) is 5.13 Å². The zero-order valence-corrected chi connectivity index (χ0v) is 17.9. The lowest BCUT2D eigenvalue weighted by Crippen LogP contribution is -2.54. The van der Waals surface area contributed by atoms with Crippen LogP contribution in [-0.4, -0.2) is 62.5 Å². The molecule has 0 bridgehead atoms. The van der Waals surface area contributed by atoms with Crippen LogP contribution in [-0.2, 0) is 4.74 Å². The average Bonchev–Trinajstić information content (AvgIpc) is 3.17. The molecule has 4 rings (SSSR count). The Bertz CT molecular complexity index is 930. The number of ether oxygens (including phenoxy) is 1. The predicted molar refractivity (Wildman–Crippen MR) is 120 cm³/mol. The van der Waals surface area contributed by atoms with Crippen molar-refractivity contribution in [2.75, 3.05) is 57.9 Å². The zero-order chi connectivity index (χ0) is 20.1. The van der Waals surface area contributed by atoms with Crippen molar-refractivity contribution in [1.82, 2.24) is 4.98 Å². The van der Waals surface area contributed by atoms with Crippen LogP contribution in [0, 0.1) is 0 Å². The van der Waals surface area contributed by atoms with Gasteiger partial charge in [0, 0.05) is 12.2 Å². The molecule has 0 N–H and O–H groups in total. The minimum atomic E-state index is 0.688. The molecular formula is C22H28N5OS+. The van der Waals surface area contributed by atoms with E-state index >= 15 is 0 Å². The number of nitrogens with zero attached hydrogens (tertiary/aromatic N) is 5. The number of likely N-dealkylation sites (N-methyl/N-ethyl adjacent to an activating group) is 2. The van der Waals surface area contributed by atoms with Crippen LogP contribution >= 0.6 is 11.3 Å². The number of thiazole rings is 1. The molecule has 0 unspecified atom stereocenters. The largest absolute Gasteiger partial charge is 0.370 e. The fourth-order valence-corrected chi connectivity index (χ4v) is 4.36. The molecule has 1 aliphatic heterocycles. The van der Waals surface area contributed by atoms with Crippen molar-refractivity contribution in [3.05, 3.63) is 48.5 Å². The van der Waals surface area contributed by atoms with Crippen molar-refractivity contribution in [3.63, 3.8) is 0 Å².